The van der Waals surface area contributed by atoms with Gasteiger partial charge in [0, 0.05) is 29.1 Å². The molecule has 0 amide bonds. The second kappa shape index (κ2) is 6.46. The summed E-state index contributed by atoms with van der Waals surface area (Å²) in [4.78, 5) is 3.33. The van der Waals surface area contributed by atoms with Crippen molar-refractivity contribution < 1.29 is 10.1 Å². The van der Waals surface area contributed by atoms with Crippen LogP contribution in [-0.4, -0.2) is 18.6 Å². The molecular weight excluding hydrogens is 260 g/mol. The minimum absolute atomic E-state index is 0.934. The number of hydrogen-bond donors (Lipinski definition) is 2. The number of nitrogens with one attached hydrogen (secondary N) is 1. The van der Waals surface area contributed by atoms with Gasteiger partial charge in [-0.2, -0.15) is 0 Å². The van der Waals surface area contributed by atoms with Gasteiger partial charge in [0.2, 0.25) is 0 Å². The van der Waals surface area contributed by atoms with Gasteiger partial charge in [0.15, 0.2) is 0 Å². The average molecular weight is 281 g/mol. The zero-order valence-electron chi connectivity index (χ0n) is 12.3. The van der Waals surface area contributed by atoms with E-state index in [4.69, 9.17) is 4.74 Å². The fourth-order valence-corrected chi connectivity index (χ4v) is 2.65. The predicted molar refractivity (Wildman–Crippen MR) is 85.5 cm³/mol. The minimum atomic E-state index is 0.934. The van der Waals surface area contributed by atoms with Crippen molar-refractivity contribution in [1.82, 2.24) is 4.98 Å². The molecule has 3 rings (SSSR count). The number of aromatic amines is 1. The molecule has 0 atom stereocenters. The molecule has 2 aromatic carbocycles. The van der Waals surface area contributed by atoms with Crippen molar-refractivity contribution in [3.63, 3.8) is 0 Å². The lowest BCUT2D eigenvalue weighted by molar-refractivity contribution is -0.669. The highest BCUT2D eigenvalue weighted by atomic mass is 16.5. The van der Waals surface area contributed by atoms with Crippen LogP contribution < -0.4 is 10.1 Å². The van der Waals surface area contributed by atoms with Crippen LogP contribution in [0.25, 0.3) is 10.9 Å². The van der Waals surface area contributed by atoms with Crippen molar-refractivity contribution >= 4 is 10.9 Å². The molecule has 3 N–H and O–H groups in total. The van der Waals surface area contributed by atoms with E-state index in [1.165, 1.54) is 22.0 Å². The maximum absolute atomic E-state index is 5.25. The Labute approximate surface area is 125 Å². The Balaban J connectivity index is 1.54. The van der Waals surface area contributed by atoms with Crippen LogP contribution in [0.4, 0.5) is 0 Å². The molecule has 0 aliphatic carbocycles. The average Bonchev–Trinajstić information content (AvgIpc) is 2.95. The smallest absolute Gasteiger partial charge is 0.119 e. The predicted octanol–water partition coefficient (Wildman–Crippen LogP) is 2.48. The molecule has 1 heterocycles. The van der Waals surface area contributed by atoms with E-state index in [0.29, 0.717) is 0 Å². The Morgan fingerprint density at radius 2 is 2.00 bits per heavy atom. The molecule has 0 spiro atoms. The topological polar surface area (TPSA) is 41.6 Å². The van der Waals surface area contributed by atoms with Crippen molar-refractivity contribution in [3.05, 3.63) is 65.9 Å². The van der Waals surface area contributed by atoms with Crippen LogP contribution in [0.5, 0.6) is 5.75 Å². The highest BCUT2D eigenvalue weighted by molar-refractivity contribution is 5.82. The summed E-state index contributed by atoms with van der Waals surface area (Å²) in [5.41, 5.74) is 3.91. The zero-order valence-corrected chi connectivity index (χ0v) is 12.3. The van der Waals surface area contributed by atoms with Crippen LogP contribution in [0.1, 0.15) is 11.1 Å². The Morgan fingerprint density at radius 3 is 2.90 bits per heavy atom. The SMILES string of the molecule is COc1cccc(CC[NH2+]Cc2c[nH]c3ccccc23)c1. The Bertz CT molecular complexity index is 718. The third kappa shape index (κ3) is 3.26. The van der Waals surface area contributed by atoms with E-state index in [1.807, 2.05) is 12.1 Å². The summed E-state index contributed by atoms with van der Waals surface area (Å²) >= 11 is 0. The molecule has 3 aromatic rings. The lowest BCUT2D eigenvalue weighted by Gasteiger charge is -2.04. The monoisotopic (exact) mass is 281 g/mol. The second-order valence-electron chi connectivity index (χ2n) is 5.24. The van der Waals surface area contributed by atoms with Gasteiger partial charge in [0.1, 0.15) is 12.3 Å². The fourth-order valence-electron chi connectivity index (χ4n) is 2.65. The van der Waals surface area contributed by atoms with Gasteiger partial charge in [0.05, 0.1) is 13.7 Å². The van der Waals surface area contributed by atoms with Gasteiger partial charge in [-0.1, -0.05) is 30.3 Å². The Hall–Kier alpha value is -2.26. The van der Waals surface area contributed by atoms with Crippen molar-refractivity contribution in [2.45, 2.75) is 13.0 Å². The number of methoxy groups -OCH3 is 1. The standard InChI is InChI=1S/C18H20N2O/c1-21-16-6-4-5-14(11-16)9-10-19-12-15-13-20-18-8-3-2-7-17(15)18/h2-8,11,13,19-20H,9-10,12H2,1H3/p+1. The van der Waals surface area contributed by atoms with E-state index in [9.17, 15) is 0 Å². The summed E-state index contributed by atoms with van der Waals surface area (Å²) in [5.74, 6) is 0.934. The highest BCUT2D eigenvalue weighted by Crippen LogP contribution is 2.16. The zero-order chi connectivity index (χ0) is 14.5. The molecule has 21 heavy (non-hydrogen) atoms. The van der Waals surface area contributed by atoms with Crippen LogP contribution >= 0.6 is 0 Å². The lowest BCUT2D eigenvalue weighted by Crippen LogP contribution is -2.83. The van der Waals surface area contributed by atoms with Gasteiger partial charge in [-0.15, -0.1) is 0 Å². The summed E-state index contributed by atoms with van der Waals surface area (Å²) in [5, 5.41) is 3.69. The van der Waals surface area contributed by atoms with E-state index in [2.05, 4.69) is 52.9 Å². The fraction of sp³-hybridized carbons (Fsp3) is 0.222. The first-order valence-electron chi connectivity index (χ1n) is 7.36. The summed E-state index contributed by atoms with van der Waals surface area (Å²) in [6.45, 7) is 2.08. The van der Waals surface area contributed by atoms with Crippen LogP contribution in [-0.2, 0) is 13.0 Å². The number of para-hydroxylation sites is 1. The van der Waals surface area contributed by atoms with Crippen LogP contribution in [0, 0.1) is 0 Å². The highest BCUT2D eigenvalue weighted by Gasteiger charge is 2.04. The van der Waals surface area contributed by atoms with E-state index in [0.717, 1.165) is 25.3 Å². The number of benzene rings is 2. The summed E-state index contributed by atoms with van der Waals surface area (Å²) in [6.07, 6.45) is 3.17. The molecule has 0 unspecified atom stereocenters. The van der Waals surface area contributed by atoms with Crippen LogP contribution in [0.2, 0.25) is 0 Å². The quantitative estimate of drug-likeness (QED) is 0.670. The number of H-pyrrole nitrogens is 1. The van der Waals surface area contributed by atoms with E-state index in [-0.39, 0.29) is 0 Å². The molecule has 0 aliphatic heterocycles. The third-order valence-electron chi connectivity index (χ3n) is 3.81. The van der Waals surface area contributed by atoms with Gasteiger partial charge in [-0.3, -0.25) is 0 Å². The number of nitrogens with two attached hydrogens (primary N) is 1. The summed E-state index contributed by atoms with van der Waals surface area (Å²) < 4.78 is 5.25. The molecule has 0 saturated carbocycles. The molecule has 0 aliphatic rings. The summed E-state index contributed by atoms with van der Waals surface area (Å²) in [6, 6.07) is 16.8. The molecule has 0 saturated heterocycles. The van der Waals surface area contributed by atoms with Crippen molar-refractivity contribution in [2.24, 2.45) is 0 Å². The third-order valence-corrected chi connectivity index (χ3v) is 3.81. The number of aromatic nitrogens is 1. The van der Waals surface area contributed by atoms with Gasteiger partial charge in [0.25, 0.3) is 0 Å². The van der Waals surface area contributed by atoms with Crippen LogP contribution in [0.3, 0.4) is 0 Å². The van der Waals surface area contributed by atoms with E-state index in [1.54, 1.807) is 7.11 Å². The van der Waals surface area contributed by atoms with Crippen molar-refractivity contribution in [1.29, 1.82) is 0 Å². The minimum Gasteiger partial charge on any atom is -0.497 e. The number of fused-ring (bicyclic) bond motifs is 1. The maximum atomic E-state index is 5.25. The molecule has 3 nitrogen and oxygen atoms in total. The number of hydrogen-bond acceptors (Lipinski definition) is 1. The molecule has 1 aromatic heterocycles. The molecule has 0 bridgehead atoms. The van der Waals surface area contributed by atoms with E-state index >= 15 is 0 Å². The van der Waals surface area contributed by atoms with Gasteiger partial charge in [-0.05, 0) is 23.8 Å². The second-order valence-corrected chi connectivity index (χ2v) is 5.24. The lowest BCUT2D eigenvalue weighted by atomic mass is 10.1. The molecule has 0 radical (unpaired) electrons. The van der Waals surface area contributed by atoms with Crippen molar-refractivity contribution in [2.75, 3.05) is 13.7 Å². The van der Waals surface area contributed by atoms with Gasteiger partial charge < -0.3 is 15.0 Å². The largest absolute Gasteiger partial charge is 0.497 e. The molecular formula is C18H21N2O+. The Morgan fingerprint density at radius 1 is 1.10 bits per heavy atom. The first-order valence-corrected chi connectivity index (χ1v) is 7.36. The maximum Gasteiger partial charge on any atom is 0.119 e. The number of rotatable bonds is 6. The van der Waals surface area contributed by atoms with Gasteiger partial charge in [-0.25, -0.2) is 0 Å². The number of quaternary nitrogens is 1. The molecule has 108 valence electrons. The van der Waals surface area contributed by atoms with Gasteiger partial charge >= 0.3 is 0 Å². The first kappa shape index (κ1) is 13.7. The van der Waals surface area contributed by atoms with Crippen molar-refractivity contribution in [3.8, 4) is 5.75 Å². The first-order chi connectivity index (χ1) is 10.4. The normalized spacial score (nSPS) is 10.9. The summed E-state index contributed by atoms with van der Waals surface area (Å²) in [7, 11) is 1.71. The molecule has 3 heteroatoms. The Kier molecular flexibility index (Phi) is 4.22. The molecule has 0 fully saturated rings. The van der Waals surface area contributed by atoms with E-state index < -0.39 is 0 Å². The number of ether oxygens (including phenoxy) is 1. The van der Waals surface area contributed by atoms with Crippen LogP contribution in [0.15, 0.2) is 54.7 Å².